The van der Waals surface area contributed by atoms with Gasteiger partial charge in [-0.25, -0.2) is 9.59 Å². The second-order valence-electron chi connectivity index (χ2n) is 10.0. The summed E-state index contributed by atoms with van der Waals surface area (Å²) in [4.78, 5) is 26.5. The lowest BCUT2D eigenvalue weighted by molar-refractivity contribution is 0.0849. The van der Waals surface area contributed by atoms with Gasteiger partial charge in [-0.2, -0.15) is 21.3 Å². The molecule has 1 unspecified atom stereocenters. The van der Waals surface area contributed by atoms with E-state index in [-0.39, 0.29) is 33.8 Å². The van der Waals surface area contributed by atoms with Gasteiger partial charge in [0.15, 0.2) is 21.2 Å². The van der Waals surface area contributed by atoms with Crippen LogP contribution in [0.5, 0.6) is 0 Å². The highest BCUT2D eigenvalue weighted by atomic mass is 32.2. The number of anilines is 2. The zero-order chi connectivity index (χ0) is 30.2. The molecule has 6 bridgehead atoms. The number of urea groups is 1. The molecule has 0 spiro atoms. The zero-order valence-corrected chi connectivity index (χ0v) is 23.7. The number of amides is 3. The third kappa shape index (κ3) is 4.16. The summed E-state index contributed by atoms with van der Waals surface area (Å²) in [5.74, 6) is -0.777. The summed E-state index contributed by atoms with van der Waals surface area (Å²) in [6.45, 7) is 0. The highest BCUT2D eigenvalue weighted by Crippen LogP contribution is 2.49. The molecule has 3 amide bonds. The normalized spacial score (nSPS) is 17.1. The topological polar surface area (TPSA) is 172 Å². The summed E-state index contributed by atoms with van der Waals surface area (Å²) in [6, 6.07) is 16.6. The molecule has 4 N–H and O–H groups in total. The van der Waals surface area contributed by atoms with Gasteiger partial charge in [0.2, 0.25) is 0 Å². The summed E-state index contributed by atoms with van der Waals surface area (Å²) in [7, 11) is -7.19. The van der Waals surface area contributed by atoms with Crippen LogP contribution >= 0.6 is 0 Å². The van der Waals surface area contributed by atoms with E-state index < -0.39 is 46.4 Å². The lowest BCUT2D eigenvalue weighted by Gasteiger charge is -2.34. The summed E-state index contributed by atoms with van der Waals surface area (Å²) in [5, 5.41) is 6.48. The number of rotatable bonds is 3. The van der Waals surface area contributed by atoms with E-state index >= 15 is 0 Å². The van der Waals surface area contributed by atoms with E-state index in [9.17, 15) is 35.5 Å². The second-order valence-corrected chi connectivity index (χ2v) is 12.8. The fraction of sp³-hybridized carbons (Fsp3) is 0.0714. The van der Waals surface area contributed by atoms with Crippen LogP contribution in [0.4, 0.5) is 27.5 Å². The van der Waals surface area contributed by atoms with E-state index in [2.05, 4.69) is 10.6 Å². The SMILES string of the molecule is Cn1cccc1C(=O)[N+]1(C)c2cc3c(cccc3cc2S(=O)(=O)O)NC(=O)Nc2cccc3c1c(S(=O)(=O)O)ccc23. The maximum Gasteiger partial charge on any atom is 0.372 e. The Bertz CT molecular complexity index is 2220. The molecule has 5 aromatic rings. The molecule has 1 atom stereocenters. The molecule has 14 heteroatoms. The van der Waals surface area contributed by atoms with E-state index in [1.165, 1.54) is 41.9 Å². The molecular formula is C28H23N4O8S2+. The van der Waals surface area contributed by atoms with Crippen molar-refractivity contribution in [3.63, 3.8) is 0 Å². The number of benzene rings is 4. The second kappa shape index (κ2) is 9.20. The van der Waals surface area contributed by atoms with Crippen LogP contribution in [0.15, 0.2) is 88.8 Å². The summed E-state index contributed by atoms with van der Waals surface area (Å²) in [5.41, 5.74) is -0.0585. The predicted molar refractivity (Wildman–Crippen MR) is 157 cm³/mol. The number of aromatic nitrogens is 1. The van der Waals surface area contributed by atoms with E-state index in [0.717, 1.165) is 12.1 Å². The highest BCUT2D eigenvalue weighted by Gasteiger charge is 2.48. The predicted octanol–water partition coefficient (Wildman–Crippen LogP) is 4.89. The van der Waals surface area contributed by atoms with Crippen molar-refractivity contribution in [3.8, 4) is 0 Å². The highest BCUT2D eigenvalue weighted by molar-refractivity contribution is 7.86. The molecule has 6 rings (SSSR count). The van der Waals surface area contributed by atoms with Gasteiger partial charge in [0.05, 0.1) is 18.4 Å². The third-order valence-corrected chi connectivity index (χ3v) is 9.27. The first-order valence-corrected chi connectivity index (χ1v) is 15.3. The van der Waals surface area contributed by atoms with Crippen LogP contribution in [0, 0.1) is 0 Å². The van der Waals surface area contributed by atoms with Gasteiger partial charge in [-0.15, -0.1) is 0 Å². The number of fused-ring (bicyclic) bond motifs is 1. The van der Waals surface area contributed by atoms with Gasteiger partial charge in [0.1, 0.15) is 5.69 Å². The molecule has 1 aliphatic heterocycles. The molecule has 1 aromatic heterocycles. The third-order valence-electron chi connectivity index (χ3n) is 7.51. The van der Waals surface area contributed by atoms with Gasteiger partial charge < -0.3 is 15.2 Å². The Labute approximate surface area is 239 Å². The van der Waals surface area contributed by atoms with Crippen molar-refractivity contribution >= 4 is 76.5 Å². The van der Waals surface area contributed by atoms with Crippen molar-refractivity contribution in [1.82, 2.24) is 9.05 Å². The van der Waals surface area contributed by atoms with Crippen molar-refractivity contribution in [2.75, 3.05) is 17.7 Å². The largest absolute Gasteiger partial charge is 0.372 e. The molecule has 2 heterocycles. The van der Waals surface area contributed by atoms with Crippen LogP contribution in [0.1, 0.15) is 10.5 Å². The summed E-state index contributed by atoms with van der Waals surface area (Å²) >= 11 is 0. The average Bonchev–Trinajstić information content (AvgIpc) is 3.35. The van der Waals surface area contributed by atoms with Gasteiger partial charge in [-0.3, -0.25) is 9.11 Å². The van der Waals surface area contributed by atoms with Gasteiger partial charge >= 0.3 is 32.2 Å². The monoisotopic (exact) mass is 607 g/mol. The van der Waals surface area contributed by atoms with Crippen molar-refractivity contribution < 1.29 is 35.5 Å². The number of hydrogen-bond donors (Lipinski definition) is 4. The lowest BCUT2D eigenvalue weighted by atomic mass is 10.0. The number of carbonyl (C=O) groups excluding carboxylic acids is 2. The van der Waals surface area contributed by atoms with Crippen LogP contribution in [-0.4, -0.2) is 49.5 Å². The first-order valence-electron chi connectivity index (χ1n) is 12.4. The van der Waals surface area contributed by atoms with Gasteiger partial charge in [-0.1, -0.05) is 24.3 Å². The maximum atomic E-state index is 14.7. The molecule has 0 saturated carbocycles. The molecule has 4 aromatic carbocycles. The maximum absolute atomic E-state index is 14.7. The number of nitrogens with zero attached hydrogens (tertiary/aromatic N) is 2. The minimum Gasteiger partial charge on any atom is -0.343 e. The fourth-order valence-corrected chi connectivity index (χ4v) is 7.14. The number of hydrogen-bond acceptors (Lipinski definition) is 6. The van der Waals surface area contributed by atoms with Gasteiger partial charge in [0, 0.05) is 35.5 Å². The van der Waals surface area contributed by atoms with E-state index in [1.807, 2.05) is 0 Å². The minimum atomic E-state index is -5.04. The zero-order valence-electron chi connectivity index (χ0n) is 22.1. The van der Waals surface area contributed by atoms with E-state index in [4.69, 9.17) is 0 Å². The summed E-state index contributed by atoms with van der Waals surface area (Å²) in [6.07, 6.45) is 1.59. The Kier molecular flexibility index (Phi) is 6.04. The fourth-order valence-electron chi connectivity index (χ4n) is 5.58. The Morgan fingerprint density at radius 1 is 0.786 bits per heavy atom. The van der Waals surface area contributed by atoms with E-state index in [1.54, 1.807) is 43.6 Å². The van der Waals surface area contributed by atoms with Crippen LogP contribution in [0.3, 0.4) is 0 Å². The smallest absolute Gasteiger partial charge is 0.343 e. The summed E-state index contributed by atoms with van der Waals surface area (Å²) < 4.78 is 72.9. The Balaban J connectivity index is 1.93. The van der Waals surface area contributed by atoms with Crippen molar-refractivity contribution in [2.24, 2.45) is 7.05 Å². The number of aryl methyl sites for hydroxylation is 1. The molecule has 0 fully saturated rings. The number of quaternary nitrogens is 1. The molecular weight excluding hydrogens is 584 g/mol. The molecule has 0 radical (unpaired) electrons. The van der Waals surface area contributed by atoms with Crippen LogP contribution in [0.25, 0.3) is 21.5 Å². The molecule has 0 aliphatic carbocycles. The van der Waals surface area contributed by atoms with Crippen LogP contribution < -0.4 is 15.1 Å². The quantitative estimate of drug-likeness (QED) is 0.166. The Morgan fingerprint density at radius 2 is 1.43 bits per heavy atom. The molecule has 214 valence electrons. The van der Waals surface area contributed by atoms with Crippen molar-refractivity contribution in [2.45, 2.75) is 9.79 Å². The van der Waals surface area contributed by atoms with Gasteiger partial charge in [0.25, 0.3) is 0 Å². The Hall–Kier alpha value is -4.60. The first-order chi connectivity index (χ1) is 19.7. The van der Waals surface area contributed by atoms with E-state index in [0.29, 0.717) is 16.2 Å². The first kappa shape index (κ1) is 27.6. The molecule has 42 heavy (non-hydrogen) atoms. The molecule has 0 saturated heterocycles. The van der Waals surface area contributed by atoms with Gasteiger partial charge in [-0.05, 0) is 47.9 Å². The molecule has 12 nitrogen and oxygen atoms in total. The lowest BCUT2D eigenvalue weighted by Crippen LogP contribution is -2.48. The standard InChI is InChI=1S/C28H22N4O8S2/c1-31-13-5-10-22(31)27(33)32(2)23-15-19-16(14-25(23)42(38,39)40)6-3-8-21(19)30-28(34)29-20-9-4-7-18-17(20)11-12-24(26(18)32)41(35,36)37/h3-15H,1-2H3,(H3-,29,30,34,35,36,37,38,39,40)/p+1. The van der Waals surface area contributed by atoms with Crippen molar-refractivity contribution in [1.29, 1.82) is 0 Å². The molecule has 1 aliphatic rings. The Morgan fingerprint density at radius 3 is 2.05 bits per heavy atom. The number of carbonyl (C=O) groups is 2. The van der Waals surface area contributed by atoms with Crippen LogP contribution in [0.2, 0.25) is 0 Å². The minimum absolute atomic E-state index is 0.0696. The van der Waals surface area contributed by atoms with Crippen LogP contribution in [-0.2, 0) is 27.3 Å². The number of nitrogens with one attached hydrogen (secondary N) is 2. The average molecular weight is 608 g/mol. The van der Waals surface area contributed by atoms with Crippen molar-refractivity contribution in [3.05, 3.63) is 84.7 Å².